The molecule has 2 rings (SSSR count). The van der Waals surface area contributed by atoms with Crippen molar-refractivity contribution in [3.63, 3.8) is 0 Å². The Morgan fingerprint density at radius 3 is 2.17 bits per heavy atom. The summed E-state index contributed by atoms with van der Waals surface area (Å²) in [6.45, 7) is 1.81. The van der Waals surface area contributed by atoms with Gasteiger partial charge in [0.05, 0.1) is 11.6 Å². The zero-order chi connectivity index (χ0) is 17.5. The lowest BCUT2D eigenvalue weighted by Crippen LogP contribution is -2.21. The molecule has 2 amide bonds. The highest BCUT2D eigenvalue weighted by atomic mass is 35.5. The van der Waals surface area contributed by atoms with Crippen LogP contribution in [-0.4, -0.2) is 18.4 Å². The van der Waals surface area contributed by atoms with Crippen LogP contribution in [0, 0.1) is 5.82 Å². The molecule has 5 nitrogen and oxygen atoms in total. The van der Waals surface area contributed by atoms with Crippen LogP contribution in [0.3, 0.4) is 0 Å². The predicted molar refractivity (Wildman–Crippen MR) is 93.9 cm³/mol. The molecular weight excluding hydrogens is 333 g/mol. The average molecular weight is 350 g/mol. The number of carbonyl (C=O) groups excluding carboxylic acids is 2. The van der Waals surface area contributed by atoms with Gasteiger partial charge >= 0.3 is 0 Å². The minimum atomic E-state index is -0.539. The highest BCUT2D eigenvalue weighted by Gasteiger charge is 2.05. The van der Waals surface area contributed by atoms with Gasteiger partial charge in [-0.15, -0.1) is 0 Å². The number of halogens is 2. The Morgan fingerprint density at radius 2 is 1.54 bits per heavy atom. The summed E-state index contributed by atoms with van der Waals surface area (Å²) in [7, 11) is 0. The van der Waals surface area contributed by atoms with E-state index in [0.29, 0.717) is 17.8 Å². The molecule has 2 aromatic carbocycles. The van der Waals surface area contributed by atoms with E-state index in [1.807, 2.05) is 0 Å². The van der Waals surface area contributed by atoms with Crippen molar-refractivity contribution in [3.05, 3.63) is 53.3 Å². The second kappa shape index (κ2) is 8.31. The fourth-order valence-electron chi connectivity index (χ4n) is 1.88. The lowest BCUT2D eigenvalue weighted by molar-refractivity contribution is -0.116. The van der Waals surface area contributed by atoms with Crippen molar-refractivity contribution in [1.29, 1.82) is 0 Å². The van der Waals surface area contributed by atoms with E-state index in [9.17, 15) is 14.0 Å². The van der Waals surface area contributed by atoms with E-state index >= 15 is 0 Å². The Balaban J connectivity index is 1.85. The molecule has 0 radical (unpaired) electrons. The molecule has 0 saturated carbocycles. The molecule has 126 valence electrons. The molecule has 0 unspecified atom stereocenters. The molecule has 0 fully saturated rings. The minimum Gasteiger partial charge on any atom is -0.376 e. The number of hydrogen-bond acceptors (Lipinski definition) is 3. The third-order valence-electron chi connectivity index (χ3n) is 3.15. The number of benzene rings is 2. The Bertz CT molecular complexity index is 735. The van der Waals surface area contributed by atoms with E-state index in [-0.39, 0.29) is 23.4 Å². The predicted octanol–water partition coefficient (Wildman–Crippen LogP) is 3.88. The number of rotatable bonds is 6. The molecule has 7 heteroatoms. The van der Waals surface area contributed by atoms with Gasteiger partial charge < -0.3 is 16.0 Å². The van der Waals surface area contributed by atoms with Crippen LogP contribution >= 0.6 is 11.6 Å². The van der Waals surface area contributed by atoms with E-state index in [0.717, 1.165) is 5.69 Å². The fraction of sp³-hybridized carbons (Fsp3) is 0.176. The number of hydrogen-bond donors (Lipinski definition) is 3. The monoisotopic (exact) mass is 349 g/mol. The van der Waals surface area contributed by atoms with Crippen LogP contribution in [0.4, 0.5) is 21.5 Å². The summed E-state index contributed by atoms with van der Waals surface area (Å²) in [6, 6.07) is 11.0. The smallest absolute Gasteiger partial charge is 0.243 e. The minimum absolute atomic E-state index is 0.0374. The number of amides is 2. The first-order valence-corrected chi connectivity index (χ1v) is 7.74. The first-order chi connectivity index (χ1) is 11.5. The number of anilines is 3. The molecule has 0 heterocycles. The zero-order valence-corrected chi connectivity index (χ0v) is 13.8. The molecule has 0 bridgehead atoms. The van der Waals surface area contributed by atoms with Crippen LogP contribution in [0.25, 0.3) is 0 Å². The maximum atomic E-state index is 13.1. The lowest BCUT2D eigenvalue weighted by atomic mass is 10.2. The van der Waals surface area contributed by atoms with Gasteiger partial charge in [-0.1, -0.05) is 18.5 Å². The van der Waals surface area contributed by atoms with Crippen molar-refractivity contribution in [2.24, 2.45) is 0 Å². The van der Waals surface area contributed by atoms with Crippen LogP contribution in [0.2, 0.25) is 5.02 Å². The van der Waals surface area contributed by atoms with Gasteiger partial charge in [-0.3, -0.25) is 9.59 Å². The number of carbonyl (C=O) groups is 2. The second-order valence-corrected chi connectivity index (χ2v) is 5.42. The van der Waals surface area contributed by atoms with Crippen LogP contribution in [-0.2, 0) is 9.59 Å². The summed E-state index contributed by atoms with van der Waals surface area (Å²) in [5, 5.41) is 8.26. The van der Waals surface area contributed by atoms with E-state index in [1.165, 1.54) is 18.2 Å². The van der Waals surface area contributed by atoms with Gasteiger partial charge in [-0.25, -0.2) is 4.39 Å². The Morgan fingerprint density at radius 1 is 0.958 bits per heavy atom. The SMILES string of the molecule is CCC(=O)Nc1ccc(NCC(=O)Nc2ccc(F)c(Cl)c2)cc1. The van der Waals surface area contributed by atoms with Gasteiger partial charge in [0.1, 0.15) is 5.82 Å². The van der Waals surface area contributed by atoms with Crippen molar-refractivity contribution in [2.45, 2.75) is 13.3 Å². The molecule has 0 saturated heterocycles. The first kappa shape index (κ1) is 17.7. The van der Waals surface area contributed by atoms with Crippen LogP contribution in [0.1, 0.15) is 13.3 Å². The van der Waals surface area contributed by atoms with Crippen molar-refractivity contribution >= 4 is 40.5 Å². The Kier molecular flexibility index (Phi) is 6.14. The fourth-order valence-corrected chi connectivity index (χ4v) is 2.06. The van der Waals surface area contributed by atoms with Crippen molar-refractivity contribution in [2.75, 3.05) is 22.5 Å². The van der Waals surface area contributed by atoms with Gasteiger partial charge in [0.2, 0.25) is 11.8 Å². The van der Waals surface area contributed by atoms with Gasteiger partial charge in [0, 0.05) is 23.5 Å². The van der Waals surface area contributed by atoms with Crippen LogP contribution in [0.5, 0.6) is 0 Å². The standard InChI is InChI=1S/C17H17ClFN3O2/c1-2-16(23)21-12-5-3-11(4-6-12)20-10-17(24)22-13-7-8-15(19)14(18)9-13/h3-9,20H,2,10H2,1H3,(H,21,23)(H,22,24). The normalized spacial score (nSPS) is 10.1. The summed E-state index contributed by atoms with van der Waals surface area (Å²) in [4.78, 5) is 23.2. The maximum Gasteiger partial charge on any atom is 0.243 e. The lowest BCUT2D eigenvalue weighted by Gasteiger charge is -2.09. The van der Waals surface area contributed by atoms with E-state index in [2.05, 4.69) is 16.0 Å². The molecule has 0 atom stereocenters. The van der Waals surface area contributed by atoms with Crippen LogP contribution < -0.4 is 16.0 Å². The maximum absolute atomic E-state index is 13.1. The average Bonchev–Trinajstić information content (AvgIpc) is 2.57. The zero-order valence-electron chi connectivity index (χ0n) is 13.0. The largest absolute Gasteiger partial charge is 0.376 e. The molecule has 0 aliphatic rings. The molecule has 0 aliphatic carbocycles. The Hall–Kier alpha value is -2.60. The molecule has 2 aromatic rings. The highest BCUT2D eigenvalue weighted by Crippen LogP contribution is 2.19. The van der Waals surface area contributed by atoms with Crippen molar-refractivity contribution in [3.8, 4) is 0 Å². The molecule has 24 heavy (non-hydrogen) atoms. The Labute approximate surface area is 144 Å². The first-order valence-electron chi connectivity index (χ1n) is 7.36. The number of nitrogens with one attached hydrogen (secondary N) is 3. The third-order valence-corrected chi connectivity index (χ3v) is 3.44. The summed E-state index contributed by atoms with van der Waals surface area (Å²) in [5.74, 6) is -0.892. The summed E-state index contributed by atoms with van der Waals surface area (Å²) in [5.41, 5.74) is 1.85. The van der Waals surface area contributed by atoms with E-state index in [1.54, 1.807) is 31.2 Å². The summed E-state index contributed by atoms with van der Waals surface area (Å²) in [6.07, 6.45) is 0.410. The van der Waals surface area contributed by atoms with Gasteiger partial charge in [0.15, 0.2) is 0 Å². The van der Waals surface area contributed by atoms with Gasteiger partial charge in [0.25, 0.3) is 0 Å². The van der Waals surface area contributed by atoms with Crippen LogP contribution in [0.15, 0.2) is 42.5 Å². The quantitative estimate of drug-likeness (QED) is 0.741. The summed E-state index contributed by atoms with van der Waals surface area (Å²) >= 11 is 5.66. The van der Waals surface area contributed by atoms with Crippen molar-refractivity contribution in [1.82, 2.24) is 0 Å². The molecule has 3 N–H and O–H groups in total. The molecule has 0 aromatic heterocycles. The molecule has 0 aliphatic heterocycles. The highest BCUT2D eigenvalue weighted by molar-refractivity contribution is 6.31. The molecule has 0 spiro atoms. The van der Waals surface area contributed by atoms with E-state index < -0.39 is 5.82 Å². The van der Waals surface area contributed by atoms with Gasteiger partial charge in [-0.05, 0) is 42.5 Å². The molecular formula is C17H17ClFN3O2. The summed E-state index contributed by atoms with van der Waals surface area (Å²) < 4.78 is 13.1. The third kappa shape index (κ3) is 5.24. The van der Waals surface area contributed by atoms with E-state index in [4.69, 9.17) is 11.6 Å². The van der Waals surface area contributed by atoms with Gasteiger partial charge in [-0.2, -0.15) is 0 Å². The second-order valence-electron chi connectivity index (χ2n) is 5.01. The van der Waals surface area contributed by atoms with Crippen molar-refractivity contribution < 1.29 is 14.0 Å². The topological polar surface area (TPSA) is 70.2 Å².